The second kappa shape index (κ2) is 5.41. The number of nitrogens with one attached hydrogen (secondary N) is 1. The molecule has 3 rings (SSSR count). The van der Waals surface area contributed by atoms with Crippen molar-refractivity contribution in [2.24, 2.45) is 5.92 Å². The Labute approximate surface area is 131 Å². The topological polar surface area (TPSA) is 49.4 Å². The van der Waals surface area contributed by atoms with Crippen molar-refractivity contribution in [3.63, 3.8) is 0 Å². The van der Waals surface area contributed by atoms with E-state index in [1.54, 1.807) is 0 Å². The molecular weight excluding hydrogens is 276 g/mol. The van der Waals surface area contributed by atoms with Gasteiger partial charge in [0.2, 0.25) is 5.91 Å². The van der Waals surface area contributed by atoms with Crippen LogP contribution in [0.25, 0.3) is 0 Å². The van der Waals surface area contributed by atoms with Gasteiger partial charge in [-0.05, 0) is 42.5 Å². The number of fused-ring (bicyclic) bond motifs is 1. The summed E-state index contributed by atoms with van der Waals surface area (Å²) < 4.78 is 0. The predicted octanol–water partition coefficient (Wildman–Crippen LogP) is 3.18. The summed E-state index contributed by atoms with van der Waals surface area (Å²) in [5.74, 6) is 0.731. The fraction of sp³-hybridized carbons (Fsp3) is 0.556. The van der Waals surface area contributed by atoms with Gasteiger partial charge in [0, 0.05) is 36.2 Å². The Morgan fingerprint density at radius 2 is 2.14 bits per heavy atom. The van der Waals surface area contributed by atoms with Crippen LogP contribution >= 0.6 is 0 Å². The van der Waals surface area contributed by atoms with Gasteiger partial charge in [0.1, 0.15) is 0 Å². The second-order valence-electron chi connectivity index (χ2n) is 7.37. The summed E-state index contributed by atoms with van der Waals surface area (Å²) in [4.78, 5) is 26.5. The molecule has 1 atom stereocenters. The Kier molecular flexibility index (Phi) is 3.71. The first-order valence-electron chi connectivity index (χ1n) is 8.10. The van der Waals surface area contributed by atoms with Crippen LogP contribution in [0.4, 0.5) is 5.69 Å². The number of hydrogen-bond donors (Lipinski definition) is 1. The average molecular weight is 300 g/mol. The first-order chi connectivity index (χ1) is 10.4. The Morgan fingerprint density at radius 3 is 2.86 bits per heavy atom. The number of hydrogen-bond acceptors (Lipinski definition) is 2. The number of rotatable bonds is 1. The van der Waals surface area contributed by atoms with E-state index in [1.165, 1.54) is 6.42 Å². The second-order valence-corrected chi connectivity index (χ2v) is 7.37. The maximum atomic E-state index is 12.7. The molecule has 2 aliphatic rings. The lowest BCUT2D eigenvalue weighted by Gasteiger charge is -2.34. The molecule has 2 amide bonds. The summed E-state index contributed by atoms with van der Waals surface area (Å²) in [6.45, 7) is 8.00. The molecule has 0 saturated carbocycles. The highest BCUT2D eigenvalue weighted by Crippen LogP contribution is 2.37. The van der Waals surface area contributed by atoms with Crippen molar-refractivity contribution in [3.8, 4) is 0 Å². The third-order valence-electron chi connectivity index (χ3n) is 4.82. The molecule has 4 heteroatoms. The number of anilines is 1. The predicted molar refractivity (Wildman–Crippen MR) is 87.0 cm³/mol. The van der Waals surface area contributed by atoms with Gasteiger partial charge in [0.25, 0.3) is 5.91 Å². The van der Waals surface area contributed by atoms with Crippen molar-refractivity contribution in [3.05, 3.63) is 29.3 Å². The molecule has 2 heterocycles. The smallest absolute Gasteiger partial charge is 0.253 e. The number of amides is 2. The van der Waals surface area contributed by atoms with Crippen LogP contribution < -0.4 is 5.32 Å². The van der Waals surface area contributed by atoms with Crippen molar-refractivity contribution in [2.75, 3.05) is 18.4 Å². The number of benzene rings is 1. The lowest BCUT2D eigenvalue weighted by atomic mass is 9.77. The van der Waals surface area contributed by atoms with Crippen LogP contribution in [0.1, 0.15) is 56.0 Å². The monoisotopic (exact) mass is 300 g/mol. The third kappa shape index (κ3) is 2.74. The van der Waals surface area contributed by atoms with Gasteiger partial charge in [-0.1, -0.05) is 20.8 Å². The Morgan fingerprint density at radius 1 is 1.36 bits per heavy atom. The normalized spacial score (nSPS) is 23.7. The first kappa shape index (κ1) is 15.1. The van der Waals surface area contributed by atoms with Crippen LogP contribution in [0.15, 0.2) is 18.2 Å². The van der Waals surface area contributed by atoms with E-state index in [2.05, 4.69) is 26.1 Å². The molecule has 4 nitrogen and oxygen atoms in total. The highest BCUT2D eigenvalue weighted by Gasteiger charge is 2.33. The van der Waals surface area contributed by atoms with E-state index in [4.69, 9.17) is 0 Å². The largest absolute Gasteiger partial charge is 0.338 e. The van der Waals surface area contributed by atoms with Gasteiger partial charge < -0.3 is 10.2 Å². The zero-order valence-electron chi connectivity index (χ0n) is 13.6. The number of carbonyl (C=O) groups is 2. The summed E-state index contributed by atoms with van der Waals surface area (Å²) in [6, 6.07) is 5.67. The maximum Gasteiger partial charge on any atom is 0.253 e. The van der Waals surface area contributed by atoms with Crippen LogP contribution in [-0.4, -0.2) is 29.8 Å². The van der Waals surface area contributed by atoms with Crippen molar-refractivity contribution in [1.29, 1.82) is 0 Å². The highest BCUT2D eigenvalue weighted by molar-refractivity contribution is 5.99. The van der Waals surface area contributed by atoms with Crippen LogP contribution in [0.3, 0.4) is 0 Å². The summed E-state index contributed by atoms with van der Waals surface area (Å²) in [6.07, 6.45) is 2.74. The molecule has 0 bridgehead atoms. The SMILES string of the molecule is C[C@@H]1CCCN(C(=O)c2ccc3c(c2)C(C)(C)CC(=O)N3)C1. The molecule has 1 N–H and O–H groups in total. The van der Waals surface area contributed by atoms with Crippen LogP contribution in [0, 0.1) is 5.92 Å². The molecule has 0 radical (unpaired) electrons. The van der Waals surface area contributed by atoms with Crippen LogP contribution in [0.2, 0.25) is 0 Å². The molecule has 118 valence electrons. The van der Waals surface area contributed by atoms with Crippen LogP contribution in [-0.2, 0) is 10.2 Å². The first-order valence-corrected chi connectivity index (χ1v) is 8.10. The van der Waals surface area contributed by atoms with E-state index >= 15 is 0 Å². The number of likely N-dealkylation sites (tertiary alicyclic amines) is 1. The van der Waals surface area contributed by atoms with Crippen molar-refractivity contribution < 1.29 is 9.59 Å². The molecule has 0 aliphatic carbocycles. The Hall–Kier alpha value is -1.84. The highest BCUT2D eigenvalue weighted by atomic mass is 16.2. The van der Waals surface area contributed by atoms with Gasteiger partial charge in [0.05, 0.1) is 0 Å². The average Bonchev–Trinajstić information content (AvgIpc) is 2.45. The summed E-state index contributed by atoms with van der Waals surface area (Å²) in [5.41, 5.74) is 2.40. The standard InChI is InChI=1S/C18H24N2O2/c1-12-5-4-8-20(11-12)17(22)13-6-7-15-14(9-13)18(2,3)10-16(21)19-15/h6-7,9,12H,4-5,8,10-11H2,1-3H3,(H,19,21)/t12-/m1/s1. The lowest BCUT2D eigenvalue weighted by molar-refractivity contribution is -0.117. The minimum Gasteiger partial charge on any atom is -0.338 e. The maximum absolute atomic E-state index is 12.7. The zero-order valence-corrected chi connectivity index (χ0v) is 13.6. The number of piperidine rings is 1. The van der Waals surface area contributed by atoms with Crippen molar-refractivity contribution in [2.45, 2.75) is 45.4 Å². The summed E-state index contributed by atoms with van der Waals surface area (Å²) in [7, 11) is 0. The molecule has 22 heavy (non-hydrogen) atoms. The summed E-state index contributed by atoms with van der Waals surface area (Å²) >= 11 is 0. The van der Waals surface area contributed by atoms with E-state index in [9.17, 15) is 9.59 Å². The minimum absolute atomic E-state index is 0.0430. The fourth-order valence-corrected chi connectivity index (χ4v) is 3.59. The lowest BCUT2D eigenvalue weighted by Crippen LogP contribution is -2.39. The summed E-state index contributed by atoms with van der Waals surface area (Å²) in [5, 5.41) is 2.90. The number of carbonyl (C=O) groups excluding carboxylic acids is 2. The number of nitrogens with zero attached hydrogens (tertiary/aromatic N) is 1. The van der Waals surface area contributed by atoms with Crippen molar-refractivity contribution in [1.82, 2.24) is 4.90 Å². The van der Waals surface area contributed by atoms with E-state index < -0.39 is 0 Å². The molecule has 0 unspecified atom stereocenters. The van der Waals surface area contributed by atoms with Crippen molar-refractivity contribution >= 4 is 17.5 Å². The van der Waals surface area contributed by atoms with Gasteiger partial charge >= 0.3 is 0 Å². The molecule has 0 spiro atoms. The van der Waals surface area contributed by atoms with Gasteiger partial charge in [-0.3, -0.25) is 9.59 Å². The minimum atomic E-state index is -0.233. The van der Waals surface area contributed by atoms with Gasteiger partial charge in [-0.15, -0.1) is 0 Å². The molecular formula is C18H24N2O2. The van der Waals surface area contributed by atoms with Crippen LogP contribution in [0.5, 0.6) is 0 Å². The molecule has 1 aromatic rings. The quantitative estimate of drug-likeness (QED) is 0.866. The molecule has 1 fully saturated rings. The third-order valence-corrected chi connectivity index (χ3v) is 4.82. The van der Waals surface area contributed by atoms with E-state index in [0.29, 0.717) is 12.3 Å². The van der Waals surface area contributed by atoms with Gasteiger partial charge in [0.15, 0.2) is 0 Å². The van der Waals surface area contributed by atoms with E-state index in [1.807, 2.05) is 23.1 Å². The fourth-order valence-electron chi connectivity index (χ4n) is 3.59. The van der Waals surface area contributed by atoms with Gasteiger partial charge in [-0.2, -0.15) is 0 Å². The zero-order chi connectivity index (χ0) is 15.9. The molecule has 0 aromatic heterocycles. The molecule has 1 aromatic carbocycles. The Balaban J connectivity index is 1.90. The molecule has 1 saturated heterocycles. The van der Waals surface area contributed by atoms with E-state index in [0.717, 1.165) is 36.3 Å². The molecule has 2 aliphatic heterocycles. The van der Waals surface area contributed by atoms with E-state index in [-0.39, 0.29) is 17.2 Å². The Bertz CT molecular complexity index is 622. The van der Waals surface area contributed by atoms with Gasteiger partial charge in [-0.25, -0.2) is 0 Å².